The van der Waals surface area contributed by atoms with Crippen molar-refractivity contribution in [3.05, 3.63) is 57.8 Å². The Kier molecular flexibility index (Phi) is 4.97. The van der Waals surface area contributed by atoms with Crippen LogP contribution in [0.4, 0.5) is 0 Å². The topological polar surface area (TPSA) is 12.0 Å². The zero-order valence-corrected chi connectivity index (χ0v) is 12.0. The van der Waals surface area contributed by atoms with Crippen molar-refractivity contribution >= 4 is 11.3 Å². The molecule has 0 bridgehead atoms. The molecule has 0 radical (unpaired) electrons. The fourth-order valence-electron chi connectivity index (χ4n) is 2.06. The first-order valence-corrected chi connectivity index (χ1v) is 7.53. The van der Waals surface area contributed by atoms with Gasteiger partial charge in [-0.15, -0.1) is 11.3 Å². The minimum Gasteiger partial charge on any atom is -0.306 e. The Morgan fingerprint density at radius 3 is 2.44 bits per heavy atom. The second kappa shape index (κ2) is 6.72. The van der Waals surface area contributed by atoms with Crippen molar-refractivity contribution in [3.8, 4) is 0 Å². The van der Waals surface area contributed by atoms with Crippen LogP contribution in [-0.4, -0.2) is 6.54 Å². The summed E-state index contributed by atoms with van der Waals surface area (Å²) in [4.78, 5) is 2.88. The Balaban J connectivity index is 2.24. The maximum atomic E-state index is 3.65. The molecule has 1 atom stereocenters. The quantitative estimate of drug-likeness (QED) is 0.811. The third kappa shape index (κ3) is 3.21. The summed E-state index contributed by atoms with van der Waals surface area (Å²) in [6.45, 7) is 5.48. The Hall–Kier alpha value is -1.12. The van der Waals surface area contributed by atoms with Crippen LogP contribution >= 0.6 is 11.3 Å². The minimum atomic E-state index is 0.344. The fraction of sp³-hybridized carbons (Fsp3) is 0.375. The normalized spacial score (nSPS) is 12.6. The van der Waals surface area contributed by atoms with Gasteiger partial charge in [-0.3, -0.25) is 0 Å². The van der Waals surface area contributed by atoms with Crippen LogP contribution in [0.15, 0.2) is 42.5 Å². The van der Waals surface area contributed by atoms with E-state index >= 15 is 0 Å². The highest BCUT2D eigenvalue weighted by Gasteiger charge is 2.14. The lowest BCUT2D eigenvalue weighted by atomic mass is 10.1. The predicted molar refractivity (Wildman–Crippen MR) is 80.3 cm³/mol. The highest BCUT2D eigenvalue weighted by Crippen LogP contribution is 2.28. The summed E-state index contributed by atoms with van der Waals surface area (Å²) in [6.07, 6.45) is 2.29. The van der Waals surface area contributed by atoms with E-state index in [1.165, 1.54) is 15.3 Å². The van der Waals surface area contributed by atoms with Gasteiger partial charge in [0.15, 0.2) is 0 Å². The highest BCUT2D eigenvalue weighted by molar-refractivity contribution is 7.12. The number of thiophene rings is 1. The predicted octanol–water partition coefficient (Wildman–Crippen LogP) is 4.40. The lowest BCUT2D eigenvalue weighted by Crippen LogP contribution is -2.22. The average Bonchev–Trinajstić information content (AvgIpc) is 2.89. The minimum absolute atomic E-state index is 0.344. The molecule has 1 nitrogen and oxygen atoms in total. The van der Waals surface area contributed by atoms with Crippen LogP contribution in [0.3, 0.4) is 0 Å². The molecule has 0 saturated heterocycles. The van der Waals surface area contributed by atoms with E-state index in [0.717, 1.165) is 19.4 Å². The molecule has 1 heterocycles. The standard InChI is InChI=1S/C16H21NS/c1-3-12-17-16(13-8-6-5-7-9-13)15-11-10-14(4-2)18-15/h5-11,16-17H,3-4,12H2,1-2H3. The van der Waals surface area contributed by atoms with Crippen LogP contribution in [0.25, 0.3) is 0 Å². The molecule has 2 aromatic rings. The third-order valence-corrected chi connectivity index (χ3v) is 4.34. The van der Waals surface area contributed by atoms with Crippen molar-refractivity contribution in [2.24, 2.45) is 0 Å². The average molecular weight is 259 g/mol. The van der Waals surface area contributed by atoms with Crippen molar-refractivity contribution < 1.29 is 0 Å². The molecule has 1 unspecified atom stereocenters. The molecule has 1 aromatic carbocycles. The lowest BCUT2D eigenvalue weighted by Gasteiger charge is -2.17. The maximum Gasteiger partial charge on any atom is 0.0671 e. The van der Waals surface area contributed by atoms with Gasteiger partial charge < -0.3 is 5.32 Å². The first-order chi connectivity index (χ1) is 8.85. The number of rotatable bonds is 6. The van der Waals surface area contributed by atoms with Gasteiger partial charge in [-0.25, -0.2) is 0 Å². The smallest absolute Gasteiger partial charge is 0.0671 e. The van der Waals surface area contributed by atoms with Crippen LogP contribution in [0.5, 0.6) is 0 Å². The maximum absolute atomic E-state index is 3.65. The van der Waals surface area contributed by atoms with Crippen LogP contribution < -0.4 is 5.32 Å². The number of hydrogen-bond acceptors (Lipinski definition) is 2. The van der Waals surface area contributed by atoms with Crippen molar-refractivity contribution in [2.45, 2.75) is 32.7 Å². The molecule has 0 aliphatic heterocycles. The summed E-state index contributed by atoms with van der Waals surface area (Å²) >= 11 is 1.92. The SMILES string of the molecule is CCCNC(c1ccccc1)c1ccc(CC)s1. The summed E-state index contributed by atoms with van der Waals surface area (Å²) in [5, 5.41) is 3.65. The van der Waals surface area contributed by atoms with E-state index in [4.69, 9.17) is 0 Å². The first kappa shape index (κ1) is 13.3. The van der Waals surface area contributed by atoms with Crippen LogP contribution in [0, 0.1) is 0 Å². The summed E-state index contributed by atoms with van der Waals surface area (Å²) < 4.78 is 0. The largest absolute Gasteiger partial charge is 0.306 e. The number of aryl methyl sites for hydroxylation is 1. The molecule has 0 aliphatic carbocycles. The molecular formula is C16H21NS. The zero-order valence-electron chi connectivity index (χ0n) is 11.1. The molecule has 0 amide bonds. The second-order valence-electron chi connectivity index (χ2n) is 4.46. The first-order valence-electron chi connectivity index (χ1n) is 6.72. The molecule has 0 aliphatic rings. The number of benzene rings is 1. The highest BCUT2D eigenvalue weighted by atomic mass is 32.1. The molecule has 0 saturated carbocycles. The van der Waals surface area contributed by atoms with Gasteiger partial charge in [0.05, 0.1) is 6.04 Å². The molecule has 0 fully saturated rings. The van der Waals surface area contributed by atoms with Crippen molar-refractivity contribution in [1.82, 2.24) is 5.32 Å². The number of hydrogen-bond donors (Lipinski definition) is 1. The number of nitrogens with one attached hydrogen (secondary N) is 1. The van der Waals surface area contributed by atoms with Gasteiger partial charge in [0, 0.05) is 9.75 Å². The van der Waals surface area contributed by atoms with E-state index in [1.54, 1.807) is 0 Å². The molecule has 2 rings (SSSR count). The van der Waals surface area contributed by atoms with Gasteiger partial charge in [0.2, 0.25) is 0 Å². The monoisotopic (exact) mass is 259 g/mol. The third-order valence-electron chi connectivity index (χ3n) is 3.05. The summed E-state index contributed by atoms with van der Waals surface area (Å²) in [5.41, 5.74) is 1.36. The van der Waals surface area contributed by atoms with E-state index in [-0.39, 0.29) is 0 Å². The van der Waals surface area contributed by atoms with Gasteiger partial charge in [-0.1, -0.05) is 44.2 Å². The lowest BCUT2D eigenvalue weighted by molar-refractivity contribution is 0.606. The van der Waals surface area contributed by atoms with Gasteiger partial charge >= 0.3 is 0 Å². The van der Waals surface area contributed by atoms with E-state index in [0.29, 0.717) is 6.04 Å². The summed E-state index contributed by atoms with van der Waals surface area (Å²) in [6, 6.07) is 15.6. The molecule has 18 heavy (non-hydrogen) atoms. The Labute approximate surface area is 114 Å². The second-order valence-corrected chi connectivity index (χ2v) is 5.66. The molecular weight excluding hydrogens is 238 g/mol. The van der Waals surface area contributed by atoms with Gasteiger partial charge in [0.25, 0.3) is 0 Å². The summed E-state index contributed by atoms with van der Waals surface area (Å²) in [5.74, 6) is 0. The molecule has 0 spiro atoms. The molecule has 1 aromatic heterocycles. The van der Waals surface area contributed by atoms with Crippen molar-refractivity contribution in [1.29, 1.82) is 0 Å². The Bertz CT molecular complexity index is 461. The molecule has 96 valence electrons. The summed E-state index contributed by atoms with van der Waals surface area (Å²) in [7, 11) is 0. The van der Waals surface area contributed by atoms with Crippen LogP contribution in [0.1, 0.15) is 41.6 Å². The van der Waals surface area contributed by atoms with Crippen LogP contribution in [-0.2, 0) is 6.42 Å². The van der Waals surface area contributed by atoms with E-state index in [2.05, 4.69) is 61.6 Å². The van der Waals surface area contributed by atoms with Gasteiger partial charge in [0.1, 0.15) is 0 Å². The van der Waals surface area contributed by atoms with E-state index in [1.807, 2.05) is 11.3 Å². The fourth-order valence-corrected chi connectivity index (χ4v) is 3.11. The van der Waals surface area contributed by atoms with Crippen molar-refractivity contribution in [3.63, 3.8) is 0 Å². The molecule has 2 heteroatoms. The molecule has 1 N–H and O–H groups in total. The zero-order chi connectivity index (χ0) is 12.8. The van der Waals surface area contributed by atoms with Gasteiger partial charge in [-0.2, -0.15) is 0 Å². The Morgan fingerprint density at radius 2 is 1.83 bits per heavy atom. The van der Waals surface area contributed by atoms with Crippen molar-refractivity contribution in [2.75, 3.05) is 6.54 Å². The Morgan fingerprint density at radius 1 is 1.06 bits per heavy atom. The van der Waals surface area contributed by atoms with E-state index < -0.39 is 0 Å². The van der Waals surface area contributed by atoms with Gasteiger partial charge in [-0.05, 0) is 37.1 Å². The van der Waals surface area contributed by atoms with Crippen LogP contribution in [0.2, 0.25) is 0 Å². The van der Waals surface area contributed by atoms with E-state index in [9.17, 15) is 0 Å².